The fourth-order valence-electron chi connectivity index (χ4n) is 2.45. The summed E-state index contributed by atoms with van der Waals surface area (Å²) in [4.78, 5) is 12.6. The van der Waals surface area contributed by atoms with Gasteiger partial charge in [-0.2, -0.15) is 0 Å². The molecule has 0 unspecified atom stereocenters. The molecule has 0 saturated heterocycles. The van der Waals surface area contributed by atoms with Gasteiger partial charge in [-0.1, -0.05) is 44.7 Å². The van der Waals surface area contributed by atoms with Crippen LogP contribution in [0.1, 0.15) is 27.2 Å². The van der Waals surface area contributed by atoms with E-state index in [1.54, 1.807) is 16.3 Å². The van der Waals surface area contributed by atoms with Crippen LogP contribution in [0.3, 0.4) is 0 Å². The Balaban J connectivity index is 2.43. The van der Waals surface area contributed by atoms with Crippen LogP contribution in [0.5, 0.6) is 0 Å². The van der Waals surface area contributed by atoms with Gasteiger partial charge in [-0.05, 0) is 18.6 Å². The fourth-order valence-corrected chi connectivity index (χ4v) is 3.24. The zero-order valence-electron chi connectivity index (χ0n) is 12.4. The molecule has 0 bridgehead atoms. The molecular weight excluding hydrogens is 284 g/mol. The molecule has 3 rings (SSSR count). The summed E-state index contributed by atoms with van der Waals surface area (Å²) in [6.45, 7) is 6.95. The minimum Gasteiger partial charge on any atom is -0.276 e. The van der Waals surface area contributed by atoms with Crippen LogP contribution in [-0.4, -0.2) is 24.4 Å². The van der Waals surface area contributed by atoms with Crippen LogP contribution < -0.4 is 5.56 Å². The third kappa shape index (κ3) is 2.33. The second-order valence-corrected chi connectivity index (χ2v) is 6.80. The summed E-state index contributed by atoms with van der Waals surface area (Å²) in [7, 11) is 0. The standard InChI is InChI=1S/C15H18N4OS/c1-4-9-18-13(20)11-7-5-6-8-12(11)19-14(18)16-17-15(19)21-10(2)3/h5-8,10H,4,9H2,1-3H3. The van der Waals surface area contributed by atoms with Crippen molar-refractivity contribution in [1.82, 2.24) is 19.2 Å². The van der Waals surface area contributed by atoms with E-state index in [-0.39, 0.29) is 5.56 Å². The van der Waals surface area contributed by atoms with Gasteiger partial charge in [0.2, 0.25) is 5.78 Å². The Kier molecular flexibility index (Phi) is 3.71. The smallest absolute Gasteiger partial charge is 0.262 e. The topological polar surface area (TPSA) is 52.2 Å². The van der Waals surface area contributed by atoms with Gasteiger partial charge in [0.15, 0.2) is 5.16 Å². The average Bonchev–Trinajstić information content (AvgIpc) is 2.86. The third-order valence-corrected chi connectivity index (χ3v) is 4.21. The van der Waals surface area contributed by atoms with Crippen LogP contribution in [-0.2, 0) is 6.54 Å². The van der Waals surface area contributed by atoms with E-state index in [1.165, 1.54) is 0 Å². The van der Waals surface area contributed by atoms with Gasteiger partial charge in [-0.25, -0.2) is 0 Å². The Morgan fingerprint density at radius 3 is 2.71 bits per heavy atom. The summed E-state index contributed by atoms with van der Waals surface area (Å²) < 4.78 is 3.72. The Labute approximate surface area is 127 Å². The van der Waals surface area contributed by atoms with Crippen molar-refractivity contribution in [3.63, 3.8) is 0 Å². The molecule has 0 amide bonds. The Morgan fingerprint density at radius 2 is 2.00 bits per heavy atom. The molecule has 0 aliphatic carbocycles. The molecule has 0 fully saturated rings. The lowest BCUT2D eigenvalue weighted by Crippen LogP contribution is -2.23. The highest BCUT2D eigenvalue weighted by Crippen LogP contribution is 2.24. The average molecular weight is 302 g/mol. The number of benzene rings is 1. The zero-order valence-corrected chi connectivity index (χ0v) is 13.2. The van der Waals surface area contributed by atoms with E-state index in [0.29, 0.717) is 23.0 Å². The molecule has 0 spiro atoms. The van der Waals surface area contributed by atoms with Gasteiger partial charge in [-0.15, -0.1) is 10.2 Å². The number of para-hydroxylation sites is 1. The number of aryl methyl sites for hydroxylation is 1. The second kappa shape index (κ2) is 5.52. The third-order valence-electron chi connectivity index (χ3n) is 3.27. The molecule has 2 heterocycles. The molecule has 0 atom stereocenters. The van der Waals surface area contributed by atoms with Crippen molar-refractivity contribution in [2.24, 2.45) is 0 Å². The SMILES string of the molecule is CCCn1c(=O)c2ccccc2n2c(SC(C)C)nnc12. The van der Waals surface area contributed by atoms with Crippen LogP contribution in [0.25, 0.3) is 16.7 Å². The lowest BCUT2D eigenvalue weighted by atomic mass is 10.2. The van der Waals surface area contributed by atoms with E-state index in [0.717, 1.165) is 17.1 Å². The summed E-state index contributed by atoms with van der Waals surface area (Å²) in [6, 6.07) is 7.65. The number of fused-ring (bicyclic) bond motifs is 3. The predicted molar refractivity (Wildman–Crippen MR) is 86.0 cm³/mol. The van der Waals surface area contributed by atoms with Crippen molar-refractivity contribution in [1.29, 1.82) is 0 Å². The van der Waals surface area contributed by atoms with Crippen molar-refractivity contribution in [3.8, 4) is 0 Å². The first-order valence-corrected chi connectivity index (χ1v) is 8.04. The van der Waals surface area contributed by atoms with Gasteiger partial charge in [0, 0.05) is 11.8 Å². The Bertz CT molecular complexity index is 850. The number of hydrogen-bond acceptors (Lipinski definition) is 4. The van der Waals surface area contributed by atoms with Crippen molar-refractivity contribution in [2.45, 2.75) is 44.1 Å². The van der Waals surface area contributed by atoms with Crippen LogP contribution in [0.15, 0.2) is 34.2 Å². The molecular formula is C15H18N4OS. The van der Waals surface area contributed by atoms with Crippen molar-refractivity contribution in [3.05, 3.63) is 34.6 Å². The molecule has 0 aliphatic heterocycles. The lowest BCUT2D eigenvalue weighted by molar-refractivity contribution is 0.662. The van der Waals surface area contributed by atoms with Gasteiger partial charge in [0.1, 0.15) is 0 Å². The monoisotopic (exact) mass is 302 g/mol. The van der Waals surface area contributed by atoms with Crippen molar-refractivity contribution in [2.75, 3.05) is 0 Å². The van der Waals surface area contributed by atoms with E-state index in [9.17, 15) is 4.79 Å². The highest BCUT2D eigenvalue weighted by atomic mass is 32.2. The summed E-state index contributed by atoms with van der Waals surface area (Å²) in [6.07, 6.45) is 0.882. The number of nitrogens with zero attached hydrogens (tertiary/aromatic N) is 4. The molecule has 0 aliphatic rings. The molecule has 1 aromatic carbocycles. The molecule has 6 heteroatoms. The number of aromatic nitrogens is 4. The first-order chi connectivity index (χ1) is 10.1. The summed E-state index contributed by atoms with van der Waals surface area (Å²) in [5.74, 6) is 0.628. The minimum atomic E-state index is 0.00782. The maximum absolute atomic E-state index is 12.6. The van der Waals surface area contributed by atoms with Crippen molar-refractivity contribution >= 4 is 28.4 Å². The van der Waals surface area contributed by atoms with Crippen LogP contribution in [0.2, 0.25) is 0 Å². The van der Waals surface area contributed by atoms with Crippen LogP contribution in [0, 0.1) is 0 Å². The summed E-state index contributed by atoms with van der Waals surface area (Å²) in [5, 5.41) is 10.5. The quantitative estimate of drug-likeness (QED) is 0.695. The molecule has 0 N–H and O–H groups in total. The van der Waals surface area contributed by atoms with E-state index in [1.807, 2.05) is 28.7 Å². The number of thioether (sulfide) groups is 1. The van der Waals surface area contributed by atoms with Gasteiger partial charge >= 0.3 is 0 Å². The summed E-state index contributed by atoms with van der Waals surface area (Å²) in [5.41, 5.74) is 0.881. The van der Waals surface area contributed by atoms with Gasteiger partial charge < -0.3 is 0 Å². The maximum atomic E-state index is 12.6. The van der Waals surface area contributed by atoms with Gasteiger partial charge in [0.05, 0.1) is 10.9 Å². The highest BCUT2D eigenvalue weighted by molar-refractivity contribution is 7.99. The zero-order chi connectivity index (χ0) is 15.0. The molecule has 5 nitrogen and oxygen atoms in total. The maximum Gasteiger partial charge on any atom is 0.262 e. The van der Waals surface area contributed by atoms with E-state index in [4.69, 9.17) is 0 Å². The predicted octanol–water partition coefficient (Wildman–Crippen LogP) is 2.95. The largest absolute Gasteiger partial charge is 0.276 e. The number of rotatable bonds is 4. The molecule has 21 heavy (non-hydrogen) atoms. The molecule has 3 aromatic rings. The normalized spacial score (nSPS) is 11.8. The van der Waals surface area contributed by atoms with E-state index < -0.39 is 0 Å². The van der Waals surface area contributed by atoms with Crippen LogP contribution in [0.4, 0.5) is 0 Å². The lowest BCUT2D eigenvalue weighted by Gasteiger charge is -2.10. The molecule has 2 aromatic heterocycles. The van der Waals surface area contributed by atoms with Crippen molar-refractivity contribution < 1.29 is 0 Å². The van der Waals surface area contributed by atoms with Crippen LogP contribution >= 0.6 is 11.8 Å². The Morgan fingerprint density at radius 1 is 1.24 bits per heavy atom. The molecule has 0 radical (unpaired) electrons. The highest BCUT2D eigenvalue weighted by Gasteiger charge is 2.16. The Hall–Kier alpha value is -1.82. The minimum absolute atomic E-state index is 0.00782. The molecule has 110 valence electrons. The van der Waals surface area contributed by atoms with Gasteiger partial charge in [0.25, 0.3) is 5.56 Å². The molecule has 0 saturated carbocycles. The van der Waals surface area contributed by atoms with Gasteiger partial charge in [-0.3, -0.25) is 13.8 Å². The van der Waals surface area contributed by atoms with E-state index >= 15 is 0 Å². The second-order valence-electron chi connectivity index (χ2n) is 5.26. The van der Waals surface area contributed by atoms with E-state index in [2.05, 4.69) is 31.0 Å². The number of hydrogen-bond donors (Lipinski definition) is 0. The first-order valence-electron chi connectivity index (χ1n) is 7.16. The summed E-state index contributed by atoms with van der Waals surface area (Å²) >= 11 is 1.66. The first kappa shape index (κ1) is 14.1. The fraction of sp³-hybridized carbons (Fsp3) is 0.400.